The predicted octanol–water partition coefficient (Wildman–Crippen LogP) is 3.94. The molecule has 1 N–H and O–H groups in total. The SMILES string of the molecule is CCNC(CC1CCC1)c1cc(F)c(F)c(F)c1. The molecule has 1 saturated carbocycles. The van der Waals surface area contributed by atoms with Crippen molar-refractivity contribution in [2.24, 2.45) is 5.92 Å². The molecule has 1 aliphatic rings. The van der Waals surface area contributed by atoms with E-state index in [1.807, 2.05) is 6.92 Å². The van der Waals surface area contributed by atoms with Gasteiger partial charge in [-0.1, -0.05) is 26.2 Å². The first kappa shape index (κ1) is 13.4. The van der Waals surface area contributed by atoms with Crippen molar-refractivity contribution in [1.29, 1.82) is 0 Å². The molecule has 1 aliphatic carbocycles. The van der Waals surface area contributed by atoms with Crippen LogP contribution in [0.15, 0.2) is 12.1 Å². The highest BCUT2D eigenvalue weighted by Crippen LogP contribution is 2.35. The quantitative estimate of drug-likeness (QED) is 0.788. The van der Waals surface area contributed by atoms with E-state index < -0.39 is 17.5 Å². The van der Waals surface area contributed by atoms with Crippen molar-refractivity contribution in [2.45, 2.75) is 38.6 Å². The highest BCUT2D eigenvalue weighted by Gasteiger charge is 2.24. The van der Waals surface area contributed by atoms with Gasteiger partial charge in [0.2, 0.25) is 0 Å². The summed E-state index contributed by atoms with van der Waals surface area (Å²) in [6.07, 6.45) is 4.44. The van der Waals surface area contributed by atoms with Crippen LogP contribution in [0.3, 0.4) is 0 Å². The van der Waals surface area contributed by atoms with Gasteiger partial charge < -0.3 is 5.32 Å². The molecule has 0 heterocycles. The van der Waals surface area contributed by atoms with E-state index in [0.717, 1.165) is 25.1 Å². The Bertz CT molecular complexity index is 392. The minimum absolute atomic E-state index is 0.0927. The van der Waals surface area contributed by atoms with Crippen molar-refractivity contribution >= 4 is 0 Å². The largest absolute Gasteiger partial charge is 0.310 e. The summed E-state index contributed by atoms with van der Waals surface area (Å²) in [5.74, 6) is -2.99. The van der Waals surface area contributed by atoms with E-state index in [2.05, 4.69) is 5.32 Å². The van der Waals surface area contributed by atoms with E-state index in [4.69, 9.17) is 0 Å². The summed E-state index contributed by atoms with van der Waals surface area (Å²) in [6.45, 7) is 2.67. The van der Waals surface area contributed by atoms with Gasteiger partial charge in [0.25, 0.3) is 0 Å². The molecule has 0 spiro atoms. The summed E-state index contributed by atoms with van der Waals surface area (Å²) >= 11 is 0. The number of rotatable bonds is 5. The van der Waals surface area contributed by atoms with Gasteiger partial charge in [0.05, 0.1) is 0 Å². The highest BCUT2D eigenvalue weighted by molar-refractivity contribution is 5.23. The van der Waals surface area contributed by atoms with Crippen molar-refractivity contribution in [3.05, 3.63) is 35.1 Å². The summed E-state index contributed by atoms with van der Waals surface area (Å²) in [6, 6.07) is 2.11. The molecule has 0 amide bonds. The molecule has 4 heteroatoms. The fourth-order valence-corrected chi connectivity index (χ4v) is 2.42. The molecule has 1 aromatic rings. The molecule has 1 unspecified atom stereocenters. The van der Waals surface area contributed by atoms with Crippen LogP contribution in [-0.2, 0) is 0 Å². The summed E-state index contributed by atoms with van der Waals surface area (Å²) in [4.78, 5) is 0. The molecular weight excluding hydrogens is 239 g/mol. The molecule has 1 aromatic carbocycles. The topological polar surface area (TPSA) is 12.0 Å². The predicted molar refractivity (Wildman–Crippen MR) is 64.7 cm³/mol. The summed E-state index contributed by atoms with van der Waals surface area (Å²) < 4.78 is 39.4. The fraction of sp³-hybridized carbons (Fsp3) is 0.571. The van der Waals surface area contributed by atoms with Gasteiger partial charge in [-0.25, -0.2) is 13.2 Å². The van der Waals surface area contributed by atoms with Gasteiger partial charge in [0, 0.05) is 6.04 Å². The van der Waals surface area contributed by atoms with Gasteiger partial charge in [-0.05, 0) is 36.6 Å². The summed E-state index contributed by atoms with van der Waals surface area (Å²) in [5.41, 5.74) is 0.500. The Balaban J connectivity index is 2.18. The third-order valence-electron chi connectivity index (χ3n) is 3.65. The van der Waals surface area contributed by atoms with E-state index >= 15 is 0 Å². The van der Waals surface area contributed by atoms with Gasteiger partial charge in [0.15, 0.2) is 17.5 Å². The van der Waals surface area contributed by atoms with Crippen LogP contribution in [0.5, 0.6) is 0 Å². The molecule has 0 aromatic heterocycles. The van der Waals surface area contributed by atoms with Crippen LogP contribution in [0.25, 0.3) is 0 Å². The van der Waals surface area contributed by atoms with Crippen molar-refractivity contribution in [3.8, 4) is 0 Å². The van der Waals surface area contributed by atoms with Crippen molar-refractivity contribution < 1.29 is 13.2 Å². The molecule has 0 saturated heterocycles. The highest BCUT2D eigenvalue weighted by atomic mass is 19.2. The van der Waals surface area contributed by atoms with Crippen molar-refractivity contribution in [3.63, 3.8) is 0 Å². The Morgan fingerprint density at radius 2 is 1.83 bits per heavy atom. The molecule has 100 valence electrons. The zero-order valence-corrected chi connectivity index (χ0v) is 10.5. The number of benzene rings is 1. The van der Waals surface area contributed by atoms with Crippen LogP contribution in [-0.4, -0.2) is 6.54 Å². The lowest BCUT2D eigenvalue weighted by Crippen LogP contribution is -2.26. The maximum atomic E-state index is 13.2. The second kappa shape index (κ2) is 5.74. The molecule has 18 heavy (non-hydrogen) atoms. The molecule has 1 nitrogen and oxygen atoms in total. The van der Waals surface area contributed by atoms with Crippen LogP contribution >= 0.6 is 0 Å². The van der Waals surface area contributed by atoms with E-state index in [9.17, 15) is 13.2 Å². The maximum absolute atomic E-state index is 13.2. The average molecular weight is 257 g/mol. The van der Waals surface area contributed by atoms with Crippen LogP contribution in [0.4, 0.5) is 13.2 Å². The Hall–Kier alpha value is -1.03. The van der Waals surface area contributed by atoms with Gasteiger partial charge in [-0.3, -0.25) is 0 Å². The maximum Gasteiger partial charge on any atom is 0.194 e. The first-order chi connectivity index (χ1) is 8.61. The molecule has 1 fully saturated rings. The zero-order chi connectivity index (χ0) is 13.1. The number of hydrogen-bond donors (Lipinski definition) is 1. The number of halogens is 3. The summed E-state index contributed by atoms with van der Waals surface area (Å²) in [5, 5.41) is 3.22. The summed E-state index contributed by atoms with van der Waals surface area (Å²) in [7, 11) is 0. The Kier molecular flexibility index (Phi) is 4.27. The fourth-order valence-electron chi connectivity index (χ4n) is 2.42. The lowest BCUT2D eigenvalue weighted by molar-refractivity contribution is 0.261. The van der Waals surface area contributed by atoms with E-state index in [0.29, 0.717) is 11.5 Å². The number of hydrogen-bond acceptors (Lipinski definition) is 1. The van der Waals surface area contributed by atoms with E-state index in [1.165, 1.54) is 19.3 Å². The third kappa shape index (κ3) is 2.86. The zero-order valence-electron chi connectivity index (χ0n) is 10.5. The third-order valence-corrected chi connectivity index (χ3v) is 3.65. The molecule has 2 rings (SSSR count). The Labute approximate surface area is 105 Å². The van der Waals surface area contributed by atoms with Crippen LogP contribution in [0, 0.1) is 23.4 Å². The molecule has 1 atom stereocenters. The smallest absolute Gasteiger partial charge is 0.194 e. The lowest BCUT2D eigenvalue weighted by Gasteiger charge is -2.30. The minimum atomic E-state index is -1.39. The second-order valence-corrected chi connectivity index (χ2v) is 4.94. The molecule has 0 aliphatic heterocycles. The minimum Gasteiger partial charge on any atom is -0.310 e. The first-order valence-corrected chi connectivity index (χ1v) is 6.49. The van der Waals surface area contributed by atoms with Gasteiger partial charge >= 0.3 is 0 Å². The molecule has 0 radical (unpaired) electrons. The normalized spacial score (nSPS) is 17.6. The molecule has 0 bridgehead atoms. The van der Waals surface area contributed by atoms with Gasteiger partial charge in [-0.2, -0.15) is 0 Å². The molecular formula is C14H18F3N. The van der Waals surface area contributed by atoms with Crippen molar-refractivity contribution in [2.75, 3.05) is 6.54 Å². The van der Waals surface area contributed by atoms with E-state index in [1.54, 1.807) is 0 Å². The van der Waals surface area contributed by atoms with Gasteiger partial charge in [0.1, 0.15) is 0 Å². The van der Waals surface area contributed by atoms with Crippen LogP contribution in [0.1, 0.15) is 44.2 Å². The van der Waals surface area contributed by atoms with Gasteiger partial charge in [-0.15, -0.1) is 0 Å². The second-order valence-electron chi connectivity index (χ2n) is 4.94. The van der Waals surface area contributed by atoms with Crippen molar-refractivity contribution in [1.82, 2.24) is 5.32 Å². The standard InChI is InChI=1S/C14H18F3N/c1-2-18-13(6-9-4-3-5-9)10-7-11(15)14(17)12(16)8-10/h7-9,13,18H,2-6H2,1H3. The first-order valence-electron chi connectivity index (χ1n) is 6.49. The number of nitrogens with one attached hydrogen (secondary N) is 1. The monoisotopic (exact) mass is 257 g/mol. The van der Waals surface area contributed by atoms with Crippen LogP contribution in [0.2, 0.25) is 0 Å². The Morgan fingerprint density at radius 3 is 2.28 bits per heavy atom. The van der Waals surface area contributed by atoms with Crippen LogP contribution < -0.4 is 5.32 Å². The average Bonchev–Trinajstić information content (AvgIpc) is 2.28. The van der Waals surface area contributed by atoms with E-state index in [-0.39, 0.29) is 6.04 Å². The Morgan fingerprint density at radius 1 is 1.22 bits per heavy atom. The lowest BCUT2D eigenvalue weighted by atomic mass is 9.79.